The normalized spacial score (nSPS) is 10.5. The fourth-order valence-electron chi connectivity index (χ4n) is 1.32. The predicted molar refractivity (Wildman–Crippen MR) is 63.3 cm³/mol. The number of hydrogen-bond donors (Lipinski definition) is 1. The number of aromatic amines is 1. The Bertz CT molecular complexity index is 532. The number of benzene rings is 1. The molecule has 0 aliphatic heterocycles. The lowest BCUT2D eigenvalue weighted by Gasteiger charge is -2.05. The molecule has 1 heterocycles. The number of H-pyrrole nitrogens is 1. The Morgan fingerprint density at radius 1 is 1.47 bits per heavy atom. The van der Waals surface area contributed by atoms with Gasteiger partial charge in [-0.1, -0.05) is 27.5 Å². The largest absolute Gasteiger partial charge is 0.325 e. The SMILES string of the molecule is O=c1[nH]ccn1Cc1cc(Cl)ccc1Br. The van der Waals surface area contributed by atoms with E-state index in [9.17, 15) is 4.79 Å². The first kappa shape index (κ1) is 10.5. The first-order chi connectivity index (χ1) is 7.16. The fourth-order valence-corrected chi connectivity index (χ4v) is 1.89. The number of aromatic nitrogens is 2. The molecule has 0 atom stereocenters. The van der Waals surface area contributed by atoms with E-state index < -0.39 is 0 Å². The maximum Gasteiger partial charge on any atom is 0.325 e. The molecule has 0 fully saturated rings. The monoisotopic (exact) mass is 286 g/mol. The molecule has 5 heteroatoms. The minimum Gasteiger partial charge on any atom is -0.313 e. The van der Waals surface area contributed by atoms with Crippen molar-refractivity contribution in [3.8, 4) is 0 Å². The second-order valence-electron chi connectivity index (χ2n) is 3.13. The second kappa shape index (κ2) is 4.24. The summed E-state index contributed by atoms with van der Waals surface area (Å²) in [5, 5.41) is 0.664. The molecule has 0 bridgehead atoms. The van der Waals surface area contributed by atoms with Gasteiger partial charge in [-0.3, -0.25) is 4.57 Å². The van der Waals surface area contributed by atoms with Gasteiger partial charge >= 0.3 is 5.69 Å². The van der Waals surface area contributed by atoms with Crippen LogP contribution in [0.4, 0.5) is 0 Å². The first-order valence-electron chi connectivity index (χ1n) is 4.34. The highest BCUT2D eigenvalue weighted by Gasteiger charge is 2.03. The van der Waals surface area contributed by atoms with E-state index in [1.54, 1.807) is 23.0 Å². The van der Waals surface area contributed by atoms with Crippen molar-refractivity contribution in [2.24, 2.45) is 0 Å². The standard InChI is InChI=1S/C10H8BrClN2O/c11-9-2-1-8(12)5-7(9)6-14-4-3-13-10(14)15/h1-5H,6H2,(H,13,15). The molecule has 2 rings (SSSR count). The molecule has 3 nitrogen and oxygen atoms in total. The third-order valence-electron chi connectivity index (χ3n) is 2.07. The van der Waals surface area contributed by atoms with Crippen molar-refractivity contribution in [2.75, 3.05) is 0 Å². The molecule has 0 saturated carbocycles. The molecule has 0 aliphatic carbocycles. The zero-order valence-electron chi connectivity index (χ0n) is 7.71. The smallest absolute Gasteiger partial charge is 0.313 e. The van der Waals surface area contributed by atoms with Crippen LogP contribution in [-0.4, -0.2) is 9.55 Å². The highest BCUT2D eigenvalue weighted by molar-refractivity contribution is 9.10. The zero-order chi connectivity index (χ0) is 10.8. The molecule has 1 N–H and O–H groups in total. The van der Waals surface area contributed by atoms with E-state index in [1.165, 1.54) is 0 Å². The van der Waals surface area contributed by atoms with Crippen molar-refractivity contribution in [1.29, 1.82) is 0 Å². The van der Waals surface area contributed by atoms with Gasteiger partial charge in [0.25, 0.3) is 0 Å². The lowest BCUT2D eigenvalue weighted by Crippen LogP contribution is -2.16. The Hall–Kier alpha value is -1.000. The number of hydrogen-bond acceptors (Lipinski definition) is 1. The van der Waals surface area contributed by atoms with Gasteiger partial charge in [0.1, 0.15) is 0 Å². The van der Waals surface area contributed by atoms with E-state index in [1.807, 2.05) is 12.1 Å². The summed E-state index contributed by atoms with van der Waals surface area (Å²) < 4.78 is 2.52. The topological polar surface area (TPSA) is 37.8 Å². The van der Waals surface area contributed by atoms with Crippen LogP contribution in [0.1, 0.15) is 5.56 Å². The number of rotatable bonds is 2. The summed E-state index contributed by atoms with van der Waals surface area (Å²) >= 11 is 9.30. The molecule has 0 unspecified atom stereocenters. The third kappa shape index (κ3) is 2.33. The van der Waals surface area contributed by atoms with Gasteiger partial charge in [-0.15, -0.1) is 0 Å². The van der Waals surface area contributed by atoms with Crippen molar-refractivity contribution in [2.45, 2.75) is 6.54 Å². The summed E-state index contributed by atoms with van der Waals surface area (Å²) in [4.78, 5) is 13.9. The summed E-state index contributed by atoms with van der Waals surface area (Å²) in [6.45, 7) is 0.503. The van der Waals surface area contributed by atoms with Crippen molar-refractivity contribution < 1.29 is 0 Å². The maximum absolute atomic E-state index is 11.3. The lowest BCUT2D eigenvalue weighted by atomic mass is 10.2. The molecule has 15 heavy (non-hydrogen) atoms. The summed E-state index contributed by atoms with van der Waals surface area (Å²) in [6.07, 6.45) is 3.32. The number of imidazole rings is 1. The first-order valence-corrected chi connectivity index (χ1v) is 5.51. The average molecular weight is 288 g/mol. The summed E-state index contributed by atoms with van der Waals surface area (Å²) in [6, 6.07) is 5.51. The molecular formula is C10H8BrClN2O. The van der Waals surface area contributed by atoms with Crippen LogP contribution in [0.15, 0.2) is 39.9 Å². The zero-order valence-corrected chi connectivity index (χ0v) is 10.0. The summed E-state index contributed by atoms with van der Waals surface area (Å²) in [5.41, 5.74) is 0.853. The van der Waals surface area contributed by atoms with Crippen LogP contribution in [0.5, 0.6) is 0 Å². The van der Waals surface area contributed by atoms with Gasteiger partial charge in [0.2, 0.25) is 0 Å². The van der Waals surface area contributed by atoms with E-state index >= 15 is 0 Å². The highest BCUT2D eigenvalue weighted by atomic mass is 79.9. The highest BCUT2D eigenvalue weighted by Crippen LogP contribution is 2.21. The Morgan fingerprint density at radius 3 is 2.93 bits per heavy atom. The molecule has 78 valence electrons. The minimum atomic E-state index is -0.123. The van der Waals surface area contributed by atoms with Crippen molar-refractivity contribution in [3.63, 3.8) is 0 Å². The molecule has 1 aromatic carbocycles. The van der Waals surface area contributed by atoms with Crippen molar-refractivity contribution in [3.05, 3.63) is 56.1 Å². The fraction of sp³-hybridized carbons (Fsp3) is 0.100. The van der Waals surface area contributed by atoms with E-state index in [2.05, 4.69) is 20.9 Å². The Labute approximate surface area is 99.8 Å². The molecule has 0 amide bonds. The van der Waals surface area contributed by atoms with E-state index in [0.717, 1.165) is 10.0 Å². The average Bonchev–Trinajstić information content (AvgIpc) is 2.58. The maximum atomic E-state index is 11.3. The van der Waals surface area contributed by atoms with Gasteiger partial charge in [-0.05, 0) is 23.8 Å². The number of nitrogens with zero attached hydrogens (tertiary/aromatic N) is 1. The summed E-state index contributed by atoms with van der Waals surface area (Å²) in [5.74, 6) is 0. The molecule has 0 saturated heterocycles. The number of nitrogens with one attached hydrogen (secondary N) is 1. The number of halogens is 2. The van der Waals surface area contributed by atoms with Gasteiger partial charge in [-0.2, -0.15) is 0 Å². The van der Waals surface area contributed by atoms with E-state index in [0.29, 0.717) is 11.6 Å². The van der Waals surface area contributed by atoms with Crippen LogP contribution in [-0.2, 0) is 6.54 Å². The predicted octanol–water partition coefficient (Wildman–Crippen LogP) is 2.64. The van der Waals surface area contributed by atoms with E-state index in [-0.39, 0.29) is 5.69 Å². The third-order valence-corrected chi connectivity index (χ3v) is 3.08. The van der Waals surface area contributed by atoms with Gasteiger partial charge in [-0.25, -0.2) is 4.79 Å². The van der Waals surface area contributed by atoms with Gasteiger partial charge in [0.05, 0.1) is 6.54 Å². The van der Waals surface area contributed by atoms with Crippen LogP contribution in [0.25, 0.3) is 0 Å². The Balaban J connectivity index is 2.36. The van der Waals surface area contributed by atoms with Gasteiger partial charge in [0.15, 0.2) is 0 Å². The van der Waals surface area contributed by atoms with Gasteiger partial charge < -0.3 is 4.98 Å². The molecule has 0 spiro atoms. The summed E-state index contributed by atoms with van der Waals surface area (Å²) in [7, 11) is 0. The Morgan fingerprint density at radius 2 is 2.27 bits per heavy atom. The van der Waals surface area contributed by atoms with Crippen LogP contribution in [0.2, 0.25) is 5.02 Å². The van der Waals surface area contributed by atoms with Crippen LogP contribution in [0, 0.1) is 0 Å². The van der Waals surface area contributed by atoms with Crippen molar-refractivity contribution >= 4 is 27.5 Å². The minimum absolute atomic E-state index is 0.123. The molecule has 0 aliphatic rings. The molecule has 2 aromatic rings. The molecular weight excluding hydrogens is 279 g/mol. The van der Waals surface area contributed by atoms with Crippen LogP contribution >= 0.6 is 27.5 Å². The second-order valence-corrected chi connectivity index (χ2v) is 4.42. The van der Waals surface area contributed by atoms with E-state index in [4.69, 9.17) is 11.6 Å². The molecule has 1 aromatic heterocycles. The molecule has 0 radical (unpaired) electrons. The van der Waals surface area contributed by atoms with Crippen LogP contribution in [0.3, 0.4) is 0 Å². The van der Waals surface area contributed by atoms with Gasteiger partial charge in [0, 0.05) is 21.9 Å². The van der Waals surface area contributed by atoms with Crippen LogP contribution < -0.4 is 5.69 Å². The lowest BCUT2D eigenvalue weighted by molar-refractivity contribution is 0.759. The van der Waals surface area contributed by atoms with Crippen molar-refractivity contribution in [1.82, 2.24) is 9.55 Å². The quantitative estimate of drug-likeness (QED) is 0.906. The Kier molecular flexibility index (Phi) is 2.98.